The Labute approximate surface area is 124 Å². The second kappa shape index (κ2) is 6.95. The first-order valence-electron chi connectivity index (χ1n) is 5.63. The van der Waals surface area contributed by atoms with Gasteiger partial charge in [0, 0.05) is 40.5 Å². The number of halogens is 1. The number of H-pyrrole nitrogens is 1. The number of hydrogen-bond acceptors (Lipinski definition) is 3. The van der Waals surface area contributed by atoms with Crippen molar-refractivity contribution < 1.29 is 9.53 Å². The summed E-state index contributed by atoms with van der Waals surface area (Å²) in [4.78, 5) is 18.9. The minimum atomic E-state index is -0.293. The summed E-state index contributed by atoms with van der Waals surface area (Å²) >= 11 is 1.91. The number of hydrogen-bond donors (Lipinski definition) is 1. The second-order valence-corrected chi connectivity index (χ2v) is 4.24. The van der Waals surface area contributed by atoms with E-state index in [1.807, 2.05) is 46.9 Å². The van der Waals surface area contributed by atoms with Gasteiger partial charge in [-0.15, -0.1) is 0 Å². The highest BCUT2D eigenvalue weighted by molar-refractivity contribution is 14.1. The maximum Gasteiger partial charge on any atom is 0.311 e. The highest BCUT2D eigenvalue weighted by Gasteiger charge is 2.11. The van der Waals surface area contributed by atoms with E-state index in [2.05, 4.69) is 19.8 Å². The van der Waals surface area contributed by atoms with E-state index in [4.69, 9.17) is 4.74 Å². The number of carbonyl (C=O) groups excluding carboxylic acids is 1. The van der Waals surface area contributed by atoms with Crippen molar-refractivity contribution in [2.75, 3.05) is 6.61 Å². The zero-order valence-electron chi connectivity index (χ0n) is 10.0. The highest BCUT2D eigenvalue weighted by Crippen LogP contribution is 2.20. The van der Waals surface area contributed by atoms with Crippen molar-refractivity contribution in [2.45, 2.75) is 6.42 Å². The first kappa shape index (κ1) is 13.6. The Morgan fingerprint density at radius 2 is 2.26 bits per heavy atom. The van der Waals surface area contributed by atoms with Crippen molar-refractivity contribution in [3.8, 4) is 21.2 Å². The molecule has 1 aromatic carbocycles. The lowest BCUT2D eigenvalue weighted by atomic mass is 10.0. The minimum Gasteiger partial charge on any atom is -0.452 e. The molecule has 0 atom stereocenters. The molecule has 0 spiro atoms. The van der Waals surface area contributed by atoms with Gasteiger partial charge in [-0.1, -0.05) is 30.2 Å². The normalized spacial score (nSPS) is 9.53. The SMILES string of the molecule is O=C(Cc1ccccc1-c1ncc[nH]1)OCC#CI. The average Bonchev–Trinajstić information content (AvgIpc) is 2.93. The maximum atomic E-state index is 11.7. The quantitative estimate of drug-likeness (QED) is 0.514. The lowest BCUT2D eigenvalue weighted by Gasteiger charge is -2.06. The first-order valence-corrected chi connectivity index (χ1v) is 6.71. The molecule has 0 aliphatic rings. The summed E-state index contributed by atoms with van der Waals surface area (Å²) in [5, 5.41) is 0. The largest absolute Gasteiger partial charge is 0.452 e. The molecule has 1 N–H and O–H groups in total. The summed E-state index contributed by atoms with van der Waals surface area (Å²) < 4.78 is 7.66. The maximum absolute atomic E-state index is 11.7. The Morgan fingerprint density at radius 3 is 3.00 bits per heavy atom. The molecule has 0 fully saturated rings. The van der Waals surface area contributed by atoms with E-state index >= 15 is 0 Å². The predicted octanol–water partition coefficient (Wildman–Crippen LogP) is 2.56. The van der Waals surface area contributed by atoms with Crippen LogP contribution in [-0.4, -0.2) is 22.5 Å². The van der Waals surface area contributed by atoms with Crippen LogP contribution in [0.1, 0.15) is 5.56 Å². The third-order valence-electron chi connectivity index (χ3n) is 2.48. The molecule has 0 unspecified atom stereocenters. The van der Waals surface area contributed by atoms with Crippen LogP contribution in [-0.2, 0) is 16.0 Å². The number of carbonyl (C=O) groups is 1. The van der Waals surface area contributed by atoms with Crippen LogP contribution in [0.15, 0.2) is 36.7 Å². The van der Waals surface area contributed by atoms with Crippen LogP contribution >= 0.6 is 22.6 Å². The van der Waals surface area contributed by atoms with E-state index in [1.54, 1.807) is 12.4 Å². The van der Waals surface area contributed by atoms with E-state index in [1.165, 1.54) is 0 Å². The van der Waals surface area contributed by atoms with Gasteiger partial charge in [-0.05, 0) is 9.49 Å². The molecule has 1 heterocycles. The third-order valence-corrected chi connectivity index (χ3v) is 2.86. The Morgan fingerprint density at radius 1 is 1.42 bits per heavy atom. The summed E-state index contributed by atoms with van der Waals surface area (Å²) in [6.07, 6.45) is 3.64. The van der Waals surface area contributed by atoms with Gasteiger partial charge in [0.15, 0.2) is 6.61 Å². The molecule has 0 aliphatic heterocycles. The molecule has 4 nitrogen and oxygen atoms in total. The van der Waals surface area contributed by atoms with Gasteiger partial charge in [-0.25, -0.2) is 4.98 Å². The fraction of sp³-hybridized carbons (Fsp3) is 0.143. The average molecular weight is 366 g/mol. The number of nitrogens with zero attached hydrogens (tertiary/aromatic N) is 1. The van der Waals surface area contributed by atoms with Gasteiger partial charge in [0.2, 0.25) is 0 Å². The van der Waals surface area contributed by atoms with Crippen molar-refractivity contribution in [3.05, 3.63) is 42.2 Å². The lowest BCUT2D eigenvalue weighted by Crippen LogP contribution is -2.09. The molecule has 96 valence electrons. The molecule has 0 bridgehead atoms. The van der Waals surface area contributed by atoms with Crippen LogP contribution in [0, 0.1) is 9.85 Å². The van der Waals surface area contributed by atoms with E-state index in [-0.39, 0.29) is 19.0 Å². The minimum absolute atomic E-state index is 0.130. The van der Waals surface area contributed by atoms with E-state index in [9.17, 15) is 4.79 Å². The van der Waals surface area contributed by atoms with E-state index in [0.29, 0.717) is 0 Å². The van der Waals surface area contributed by atoms with Gasteiger partial charge in [-0.2, -0.15) is 0 Å². The van der Waals surface area contributed by atoms with Gasteiger partial charge in [0.05, 0.1) is 6.42 Å². The molecule has 0 saturated heterocycles. The zero-order chi connectivity index (χ0) is 13.5. The number of aromatic amines is 1. The standard InChI is InChI=1S/C14H11IN2O2/c15-6-3-9-19-13(18)10-11-4-1-2-5-12(11)14-16-7-8-17-14/h1-2,4-5,7-8H,9-10H2,(H,16,17). The fourth-order valence-corrected chi connectivity index (χ4v) is 1.82. The van der Waals surface area contributed by atoms with Crippen molar-refractivity contribution in [1.29, 1.82) is 0 Å². The van der Waals surface area contributed by atoms with Gasteiger partial charge >= 0.3 is 5.97 Å². The molecule has 1 aromatic heterocycles. The van der Waals surface area contributed by atoms with Crippen LogP contribution in [0.25, 0.3) is 11.4 Å². The molecule has 2 aromatic rings. The summed E-state index contributed by atoms with van der Waals surface area (Å²) in [5.41, 5.74) is 1.79. The molecular weight excluding hydrogens is 355 g/mol. The molecule has 0 aliphatic carbocycles. The van der Waals surface area contributed by atoms with Crippen LogP contribution in [0.4, 0.5) is 0 Å². The Bertz CT molecular complexity index is 612. The van der Waals surface area contributed by atoms with Crippen molar-refractivity contribution >= 4 is 28.6 Å². The second-order valence-electron chi connectivity index (χ2n) is 3.70. The predicted molar refractivity (Wildman–Crippen MR) is 80.5 cm³/mol. The Hall–Kier alpha value is -1.81. The van der Waals surface area contributed by atoms with Crippen LogP contribution in [0.3, 0.4) is 0 Å². The summed E-state index contributed by atoms with van der Waals surface area (Å²) in [6.45, 7) is 0.130. The van der Waals surface area contributed by atoms with E-state index in [0.717, 1.165) is 17.0 Å². The van der Waals surface area contributed by atoms with Crippen molar-refractivity contribution in [2.24, 2.45) is 0 Å². The van der Waals surface area contributed by atoms with Crippen LogP contribution in [0.2, 0.25) is 0 Å². The molecule has 19 heavy (non-hydrogen) atoms. The summed E-state index contributed by atoms with van der Waals surface area (Å²) in [7, 11) is 0. The van der Waals surface area contributed by atoms with Gasteiger partial charge in [-0.3, -0.25) is 4.79 Å². The topological polar surface area (TPSA) is 55.0 Å². The third kappa shape index (κ3) is 3.83. The van der Waals surface area contributed by atoms with Crippen molar-refractivity contribution in [1.82, 2.24) is 9.97 Å². The fourth-order valence-electron chi connectivity index (χ4n) is 1.67. The smallest absolute Gasteiger partial charge is 0.311 e. The summed E-state index contributed by atoms with van der Waals surface area (Å²) in [5.74, 6) is 3.13. The zero-order valence-corrected chi connectivity index (χ0v) is 12.2. The van der Waals surface area contributed by atoms with Crippen LogP contribution in [0.5, 0.6) is 0 Å². The molecule has 0 saturated carbocycles. The Balaban J connectivity index is 2.12. The molecule has 0 amide bonds. The number of nitrogens with one attached hydrogen (secondary N) is 1. The van der Waals surface area contributed by atoms with E-state index < -0.39 is 0 Å². The molecule has 5 heteroatoms. The van der Waals surface area contributed by atoms with Crippen LogP contribution < -0.4 is 0 Å². The summed E-state index contributed by atoms with van der Waals surface area (Å²) in [6, 6.07) is 7.61. The molecule has 0 radical (unpaired) electrons. The highest BCUT2D eigenvalue weighted by atomic mass is 127. The number of rotatable bonds is 4. The monoisotopic (exact) mass is 366 g/mol. The first-order chi connectivity index (χ1) is 9.31. The number of ether oxygens (including phenoxy) is 1. The molecule has 2 rings (SSSR count). The van der Waals surface area contributed by atoms with Gasteiger partial charge in [0.1, 0.15) is 5.82 Å². The number of aromatic nitrogens is 2. The number of esters is 1. The van der Waals surface area contributed by atoms with Crippen molar-refractivity contribution in [3.63, 3.8) is 0 Å². The van der Waals surface area contributed by atoms with Gasteiger partial charge < -0.3 is 9.72 Å². The van der Waals surface area contributed by atoms with Gasteiger partial charge in [0.25, 0.3) is 0 Å². The lowest BCUT2D eigenvalue weighted by molar-refractivity contribution is -0.141. The number of imidazole rings is 1. The molecular formula is C14H11IN2O2. The number of benzene rings is 1. The Kier molecular flexibility index (Phi) is 4.98.